The lowest BCUT2D eigenvalue weighted by atomic mass is 10.1. The molecule has 0 unspecified atom stereocenters. The number of hydrogen-bond acceptors (Lipinski definition) is 4. The molecule has 1 fully saturated rings. The van der Waals surface area contributed by atoms with Crippen LogP contribution < -0.4 is 10.6 Å². The van der Waals surface area contributed by atoms with Gasteiger partial charge in [0.15, 0.2) is 0 Å². The third-order valence-electron chi connectivity index (χ3n) is 3.55. The summed E-state index contributed by atoms with van der Waals surface area (Å²) in [7, 11) is 2.07. The molecule has 0 aliphatic carbocycles. The Morgan fingerprint density at radius 1 is 1.38 bits per heavy atom. The van der Waals surface area contributed by atoms with Crippen molar-refractivity contribution in [3.63, 3.8) is 0 Å². The summed E-state index contributed by atoms with van der Waals surface area (Å²) in [6, 6.07) is 3.08. The minimum Gasteiger partial charge on any atom is -0.477 e. The Balaban J connectivity index is 1.74. The summed E-state index contributed by atoms with van der Waals surface area (Å²) >= 11 is 0. The van der Waals surface area contributed by atoms with E-state index in [9.17, 15) is 9.59 Å². The van der Waals surface area contributed by atoms with E-state index in [1.165, 1.54) is 12.3 Å². The van der Waals surface area contributed by atoms with Gasteiger partial charge in [0.2, 0.25) is 0 Å². The van der Waals surface area contributed by atoms with Gasteiger partial charge in [-0.15, -0.1) is 0 Å². The minimum atomic E-state index is -1.06. The largest absolute Gasteiger partial charge is 0.477 e. The third-order valence-corrected chi connectivity index (χ3v) is 3.55. The molecule has 1 saturated heterocycles. The van der Waals surface area contributed by atoms with Gasteiger partial charge in [-0.3, -0.25) is 0 Å². The summed E-state index contributed by atoms with van der Waals surface area (Å²) in [4.78, 5) is 28.5. The van der Waals surface area contributed by atoms with Gasteiger partial charge in [0.25, 0.3) is 0 Å². The number of aromatic carboxylic acids is 1. The predicted molar refractivity (Wildman–Crippen MR) is 77.1 cm³/mol. The fraction of sp³-hybridized carbons (Fsp3) is 0.500. The zero-order chi connectivity index (χ0) is 15.2. The number of urea groups is 1. The van der Waals surface area contributed by atoms with Crippen LogP contribution in [0.5, 0.6) is 0 Å². The van der Waals surface area contributed by atoms with Crippen molar-refractivity contribution < 1.29 is 14.7 Å². The molecular weight excluding hydrogens is 272 g/mol. The van der Waals surface area contributed by atoms with Crippen LogP contribution in [0.4, 0.5) is 4.79 Å². The number of carbonyl (C=O) groups excluding carboxylic acids is 1. The first kappa shape index (κ1) is 15.2. The molecule has 0 bridgehead atoms. The van der Waals surface area contributed by atoms with E-state index in [0.717, 1.165) is 31.5 Å². The smallest absolute Gasteiger partial charge is 0.354 e. The maximum atomic E-state index is 11.8. The Bertz CT molecular complexity index is 495. The number of hydrogen-bond donors (Lipinski definition) is 3. The van der Waals surface area contributed by atoms with Crippen LogP contribution in [-0.2, 0) is 6.54 Å². The Labute approximate surface area is 123 Å². The van der Waals surface area contributed by atoms with Gasteiger partial charge in [-0.25, -0.2) is 14.6 Å². The van der Waals surface area contributed by atoms with Crippen LogP contribution in [0.25, 0.3) is 0 Å². The summed E-state index contributed by atoms with van der Waals surface area (Å²) in [5.41, 5.74) is 0.757. The summed E-state index contributed by atoms with van der Waals surface area (Å²) < 4.78 is 0. The highest BCUT2D eigenvalue weighted by Gasteiger charge is 2.18. The monoisotopic (exact) mass is 292 g/mol. The molecule has 1 aliphatic rings. The topological polar surface area (TPSA) is 94.6 Å². The molecule has 1 aromatic rings. The highest BCUT2D eigenvalue weighted by Crippen LogP contribution is 2.07. The van der Waals surface area contributed by atoms with Crippen LogP contribution in [0.1, 0.15) is 28.9 Å². The Morgan fingerprint density at radius 3 is 2.67 bits per heavy atom. The summed E-state index contributed by atoms with van der Waals surface area (Å²) in [5, 5.41) is 14.5. The molecule has 1 aliphatic heterocycles. The minimum absolute atomic E-state index is 0.00507. The van der Waals surface area contributed by atoms with Gasteiger partial charge in [0.05, 0.1) is 0 Å². The number of aromatic nitrogens is 1. The van der Waals surface area contributed by atoms with E-state index in [1.807, 2.05) is 0 Å². The number of carboxylic acid groups (broad SMARTS) is 1. The second-order valence-corrected chi connectivity index (χ2v) is 5.26. The molecule has 0 radical (unpaired) electrons. The van der Waals surface area contributed by atoms with Gasteiger partial charge in [-0.05, 0) is 44.6 Å². The zero-order valence-corrected chi connectivity index (χ0v) is 12.0. The van der Waals surface area contributed by atoms with Gasteiger partial charge >= 0.3 is 12.0 Å². The fourth-order valence-electron chi connectivity index (χ4n) is 2.23. The quantitative estimate of drug-likeness (QED) is 0.758. The van der Waals surface area contributed by atoms with E-state index >= 15 is 0 Å². The Morgan fingerprint density at radius 2 is 2.10 bits per heavy atom. The molecule has 7 heteroatoms. The second kappa shape index (κ2) is 7.03. The molecule has 7 nitrogen and oxygen atoms in total. The first-order valence-electron chi connectivity index (χ1n) is 6.95. The van der Waals surface area contributed by atoms with Gasteiger partial charge in [0, 0.05) is 18.8 Å². The van der Waals surface area contributed by atoms with Gasteiger partial charge in [0.1, 0.15) is 5.69 Å². The zero-order valence-electron chi connectivity index (χ0n) is 12.0. The van der Waals surface area contributed by atoms with E-state index in [4.69, 9.17) is 5.11 Å². The molecule has 114 valence electrons. The Hall–Kier alpha value is -2.15. The average molecular weight is 292 g/mol. The number of likely N-dealkylation sites (tertiary alicyclic amines) is 1. The second-order valence-electron chi connectivity index (χ2n) is 5.26. The van der Waals surface area contributed by atoms with E-state index in [1.54, 1.807) is 6.07 Å². The number of carboxylic acids is 1. The van der Waals surface area contributed by atoms with Crippen LogP contribution in [-0.4, -0.2) is 53.2 Å². The normalized spacial score (nSPS) is 16.4. The van der Waals surface area contributed by atoms with Crippen molar-refractivity contribution in [3.8, 4) is 0 Å². The maximum Gasteiger partial charge on any atom is 0.354 e. The molecule has 0 aromatic carbocycles. The number of nitrogens with zero attached hydrogens (tertiary/aromatic N) is 2. The van der Waals surface area contributed by atoms with E-state index in [0.29, 0.717) is 6.54 Å². The molecule has 3 N–H and O–H groups in total. The van der Waals surface area contributed by atoms with Gasteiger partial charge < -0.3 is 20.6 Å². The highest BCUT2D eigenvalue weighted by molar-refractivity contribution is 5.85. The number of pyridine rings is 1. The van der Waals surface area contributed by atoms with Crippen molar-refractivity contribution in [2.24, 2.45) is 0 Å². The molecule has 0 spiro atoms. The SMILES string of the molecule is CN1CCC(NC(=O)NCc2ccc(C(=O)O)nc2)CC1. The molecule has 21 heavy (non-hydrogen) atoms. The van der Waals surface area contributed by atoms with E-state index in [2.05, 4.69) is 27.6 Å². The molecular formula is C14H20N4O3. The molecule has 0 atom stereocenters. The lowest BCUT2D eigenvalue weighted by molar-refractivity contribution is 0.0690. The predicted octanol–water partition coefficient (Wildman–Crippen LogP) is 0.673. The average Bonchev–Trinajstić information content (AvgIpc) is 2.48. The number of piperidine rings is 1. The van der Waals surface area contributed by atoms with Crippen molar-refractivity contribution in [2.45, 2.75) is 25.4 Å². The van der Waals surface area contributed by atoms with E-state index in [-0.39, 0.29) is 17.8 Å². The molecule has 2 rings (SSSR count). The standard InChI is InChI=1S/C14H20N4O3/c1-18-6-4-11(5-7-18)17-14(21)16-9-10-2-3-12(13(19)20)15-8-10/h2-3,8,11H,4-7,9H2,1H3,(H,19,20)(H2,16,17,21). The molecule has 0 saturated carbocycles. The van der Waals surface area contributed by atoms with Gasteiger partial charge in [-0.1, -0.05) is 6.07 Å². The van der Waals surface area contributed by atoms with Crippen molar-refractivity contribution in [1.29, 1.82) is 0 Å². The maximum absolute atomic E-state index is 11.8. The summed E-state index contributed by atoms with van der Waals surface area (Å²) in [5.74, 6) is -1.06. The van der Waals surface area contributed by atoms with E-state index < -0.39 is 5.97 Å². The lowest BCUT2D eigenvalue weighted by Crippen LogP contribution is -2.46. The number of nitrogens with one attached hydrogen (secondary N) is 2. The van der Waals surface area contributed by atoms with Crippen molar-refractivity contribution in [3.05, 3.63) is 29.6 Å². The fourth-order valence-corrected chi connectivity index (χ4v) is 2.23. The molecule has 2 heterocycles. The number of rotatable bonds is 4. The summed E-state index contributed by atoms with van der Waals surface area (Å²) in [6.45, 7) is 2.31. The lowest BCUT2D eigenvalue weighted by Gasteiger charge is -2.29. The van der Waals surface area contributed by atoms with Crippen molar-refractivity contribution in [1.82, 2.24) is 20.5 Å². The molecule has 2 amide bonds. The van der Waals surface area contributed by atoms with Crippen LogP contribution in [0.3, 0.4) is 0 Å². The van der Waals surface area contributed by atoms with Crippen LogP contribution >= 0.6 is 0 Å². The van der Waals surface area contributed by atoms with Crippen LogP contribution in [0, 0.1) is 0 Å². The first-order valence-corrected chi connectivity index (χ1v) is 6.95. The summed E-state index contributed by atoms with van der Waals surface area (Å²) in [6.07, 6.45) is 3.37. The third kappa shape index (κ3) is 4.71. The Kier molecular flexibility index (Phi) is 5.10. The van der Waals surface area contributed by atoms with Crippen molar-refractivity contribution >= 4 is 12.0 Å². The number of carbonyl (C=O) groups is 2. The highest BCUT2D eigenvalue weighted by atomic mass is 16.4. The first-order chi connectivity index (χ1) is 10.0. The van der Waals surface area contributed by atoms with Crippen LogP contribution in [0.15, 0.2) is 18.3 Å². The number of amides is 2. The van der Waals surface area contributed by atoms with Crippen LogP contribution in [0.2, 0.25) is 0 Å². The molecule has 1 aromatic heterocycles. The van der Waals surface area contributed by atoms with Gasteiger partial charge in [-0.2, -0.15) is 0 Å². The van der Waals surface area contributed by atoms with Crippen molar-refractivity contribution in [2.75, 3.05) is 20.1 Å².